The van der Waals surface area contributed by atoms with E-state index in [4.69, 9.17) is 11.6 Å². The Balaban J connectivity index is 1.98. The molecule has 1 unspecified atom stereocenters. The second kappa shape index (κ2) is 6.52. The number of nitro groups is 1. The van der Waals surface area contributed by atoms with Crippen LogP contribution in [-0.2, 0) is 6.54 Å². The lowest BCUT2D eigenvalue weighted by atomic mass is 10.1. The zero-order chi connectivity index (χ0) is 14.7. The number of nitrogens with zero attached hydrogens (tertiary/aromatic N) is 3. The van der Waals surface area contributed by atoms with Crippen LogP contribution in [0.15, 0.2) is 18.2 Å². The summed E-state index contributed by atoms with van der Waals surface area (Å²) in [5.41, 5.74) is 0.910. The summed E-state index contributed by atoms with van der Waals surface area (Å²) >= 11 is 6.13. The molecule has 1 atom stereocenters. The van der Waals surface area contributed by atoms with Gasteiger partial charge in [0.1, 0.15) is 0 Å². The summed E-state index contributed by atoms with van der Waals surface area (Å²) in [7, 11) is 4.17. The summed E-state index contributed by atoms with van der Waals surface area (Å²) in [4.78, 5) is 14.9. The van der Waals surface area contributed by atoms with Crippen LogP contribution in [0.25, 0.3) is 0 Å². The molecule has 0 bridgehead atoms. The van der Waals surface area contributed by atoms with Crippen LogP contribution in [0.4, 0.5) is 5.69 Å². The van der Waals surface area contributed by atoms with Crippen molar-refractivity contribution in [1.82, 2.24) is 9.80 Å². The number of benzene rings is 1. The molecule has 0 spiro atoms. The summed E-state index contributed by atoms with van der Waals surface area (Å²) in [6.07, 6.45) is 1.21. The Labute approximate surface area is 124 Å². The second-order valence-corrected chi connectivity index (χ2v) is 6.05. The minimum Gasteiger partial charge on any atom is -0.306 e. The molecule has 0 aliphatic carbocycles. The van der Waals surface area contributed by atoms with Gasteiger partial charge in [0.2, 0.25) is 0 Å². The summed E-state index contributed by atoms with van der Waals surface area (Å²) in [5.74, 6) is 0.669. The molecule has 1 aliphatic heterocycles. The molecule has 1 saturated heterocycles. The summed E-state index contributed by atoms with van der Waals surface area (Å²) in [5, 5.41) is 11.4. The minimum atomic E-state index is -0.383. The molecule has 0 saturated carbocycles. The fourth-order valence-electron chi connectivity index (χ4n) is 2.77. The number of nitro benzene ring substituents is 1. The van der Waals surface area contributed by atoms with Crippen molar-refractivity contribution < 1.29 is 4.92 Å². The Kier molecular flexibility index (Phi) is 4.96. The fraction of sp³-hybridized carbons (Fsp3) is 0.571. The van der Waals surface area contributed by atoms with Gasteiger partial charge < -0.3 is 9.80 Å². The lowest BCUT2D eigenvalue weighted by Gasteiger charge is -2.21. The number of rotatable bonds is 5. The van der Waals surface area contributed by atoms with E-state index in [9.17, 15) is 10.1 Å². The van der Waals surface area contributed by atoms with Gasteiger partial charge in [-0.15, -0.1) is 0 Å². The maximum absolute atomic E-state index is 10.8. The van der Waals surface area contributed by atoms with Crippen LogP contribution in [0.3, 0.4) is 0 Å². The topological polar surface area (TPSA) is 49.6 Å². The zero-order valence-corrected chi connectivity index (χ0v) is 12.6. The average molecular weight is 298 g/mol. The Bertz CT molecular complexity index is 495. The van der Waals surface area contributed by atoms with Gasteiger partial charge in [-0.1, -0.05) is 11.6 Å². The second-order valence-electron chi connectivity index (χ2n) is 5.65. The molecule has 2 rings (SSSR count). The monoisotopic (exact) mass is 297 g/mol. The van der Waals surface area contributed by atoms with Crippen LogP contribution in [-0.4, -0.2) is 48.5 Å². The maximum atomic E-state index is 10.8. The van der Waals surface area contributed by atoms with Crippen LogP contribution in [0.2, 0.25) is 5.02 Å². The first kappa shape index (κ1) is 15.2. The highest BCUT2D eigenvalue weighted by atomic mass is 35.5. The van der Waals surface area contributed by atoms with Crippen molar-refractivity contribution in [2.75, 3.05) is 33.7 Å². The van der Waals surface area contributed by atoms with Crippen LogP contribution >= 0.6 is 11.6 Å². The normalized spacial score (nSPS) is 19.7. The highest BCUT2D eigenvalue weighted by Gasteiger charge is 2.21. The average Bonchev–Trinajstić information content (AvgIpc) is 2.77. The van der Waals surface area contributed by atoms with Gasteiger partial charge in [-0.2, -0.15) is 0 Å². The smallest absolute Gasteiger partial charge is 0.269 e. The lowest BCUT2D eigenvalue weighted by molar-refractivity contribution is -0.384. The zero-order valence-electron chi connectivity index (χ0n) is 11.9. The number of halogens is 1. The molecular weight excluding hydrogens is 278 g/mol. The highest BCUT2D eigenvalue weighted by Crippen LogP contribution is 2.24. The molecule has 0 amide bonds. The summed E-state index contributed by atoms with van der Waals surface area (Å²) in [6.45, 7) is 3.90. The minimum absolute atomic E-state index is 0.0957. The Morgan fingerprint density at radius 1 is 1.55 bits per heavy atom. The third-order valence-electron chi connectivity index (χ3n) is 3.74. The van der Waals surface area contributed by atoms with Crippen molar-refractivity contribution in [1.29, 1.82) is 0 Å². The quantitative estimate of drug-likeness (QED) is 0.619. The van der Waals surface area contributed by atoms with Crippen molar-refractivity contribution in [3.05, 3.63) is 38.9 Å². The molecule has 20 heavy (non-hydrogen) atoms. The van der Waals surface area contributed by atoms with Gasteiger partial charge >= 0.3 is 0 Å². The predicted molar refractivity (Wildman–Crippen MR) is 80.0 cm³/mol. The standard InChI is InChI=1S/C14H20ClN3O2/c1-16-6-5-11(8-16)9-17(2)10-12-7-13(18(19)20)3-4-14(12)15/h3-4,7,11H,5-6,8-10H2,1-2H3. The number of hydrogen-bond acceptors (Lipinski definition) is 4. The molecular formula is C14H20ClN3O2. The van der Waals surface area contributed by atoms with Crippen LogP contribution < -0.4 is 0 Å². The predicted octanol–water partition coefficient (Wildman–Crippen LogP) is 2.63. The van der Waals surface area contributed by atoms with Gasteiger partial charge in [-0.3, -0.25) is 10.1 Å². The number of likely N-dealkylation sites (tertiary alicyclic amines) is 1. The van der Waals surface area contributed by atoms with E-state index in [-0.39, 0.29) is 10.6 Å². The Hall–Kier alpha value is -1.17. The van der Waals surface area contributed by atoms with Crippen LogP contribution in [0.5, 0.6) is 0 Å². The van der Waals surface area contributed by atoms with Crippen LogP contribution in [0, 0.1) is 16.0 Å². The number of hydrogen-bond donors (Lipinski definition) is 0. The van der Waals surface area contributed by atoms with Crippen molar-refractivity contribution in [3.63, 3.8) is 0 Å². The van der Waals surface area contributed by atoms with Gasteiger partial charge in [0.05, 0.1) is 4.92 Å². The van der Waals surface area contributed by atoms with E-state index in [2.05, 4.69) is 16.8 Å². The van der Waals surface area contributed by atoms with Crippen molar-refractivity contribution in [2.24, 2.45) is 5.92 Å². The maximum Gasteiger partial charge on any atom is 0.269 e. The first-order chi connectivity index (χ1) is 9.45. The first-order valence-corrected chi connectivity index (χ1v) is 7.13. The molecule has 1 fully saturated rings. The summed E-state index contributed by atoms with van der Waals surface area (Å²) < 4.78 is 0. The highest BCUT2D eigenvalue weighted by molar-refractivity contribution is 6.31. The SMILES string of the molecule is CN1CCC(CN(C)Cc2cc([N+](=O)[O-])ccc2Cl)C1. The van der Waals surface area contributed by atoms with E-state index < -0.39 is 0 Å². The van der Waals surface area contributed by atoms with E-state index >= 15 is 0 Å². The lowest BCUT2D eigenvalue weighted by Crippen LogP contribution is -2.27. The van der Waals surface area contributed by atoms with E-state index in [0.29, 0.717) is 17.5 Å². The van der Waals surface area contributed by atoms with Gasteiger partial charge in [0, 0.05) is 36.8 Å². The van der Waals surface area contributed by atoms with Crippen molar-refractivity contribution in [2.45, 2.75) is 13.0 Å². The first-order valence-electron chi connectivity index (χ1n) is 6.75. The molecule has 1 heterocycles. The third-order valence-corrected chi connectivity index (χ3v) is 4.11. The Morgan fingerprint density at radius 3 is 2.90 bits per heavy atom. The molecule has 1 aromatic rings. The summed E-state index contributed by atoms with van der Waals surface area (Å²) in [6, 6.07) is 4.61. The van der Waals surface area contributed by atoms with Gasteiger partial charge in [-0.05, 0) is 44.6 Å². The van der Waals surface area contributed by atoms with Crippen molar-refractivity contribution >= 4 is 17.3 Å². The molecule has 1 aliphatic rings. The molecule has 110 valence electrons. The van der Waals surface area contributed by atoms with Crippen molar-refractivity contribution in [3.8, 4) is 0 Å². The number of non-ortho nitro benzene ring substituents is 1. The van der Waals surface area contributed by atoms with Gasteiger partial charge in [0.15, 0.2) is 0 Å². The molecule has 6 heteroatoms. The van der Waals surface area contributed by atoms with Gasteiger partial charge in [0.25, 0.3) is 5.69 Å². The molecule has 5 nitrogen and oxygen atoms in total. The van der Waals surface area contributed by atoms with E-state index in [1.54, 1.807) is 12.1 Å². The molecule has 0 radical (unpaired) electrons. The fourth-order valence-corrected chi connectivity index (χ4v) is 2.94. The Morgan fingerprint density at radius 2 is 2.30 bits per heavy atom. The van der Waals surface area contributed by atoms with E-state index in [0.717, 1.165) is 25.2 Å². The van der Waals surface area contributed by atoms with Gasteiger partial charge in [-0.25, -0.2) is 0 Å². The molecule has 1 aromatic carbocycles. The van der Waals surface area contributed by atoms with E-state index in [1.165, 1.54) is 12.5 Å². The largest absolute Gasteiger partial charge is 0.306 e. The van der Waals surface area contributed by atoms with E-state index in [1.807, 2.05) is 7.05 Å². The molecule has 0 N–H and O–H groups in total. The molecule has 0 aromatic heterocycles. The third kappa shape index (κ3) is 3.91. The van der Waals surface area contributed by atoms with Crippen LogP contribution in [0.1, 0.15) is 12.0 Å².